The van der Waals surface area contributed by atoms with Gasteiger partial charge in [0.25, 0.3) is 5.91 Å². The Labute approximate surface area is 161 Å². The first-order chi connectivity index (χ1) is 12.8. The Hall–Kier alpha value is -2.23. The molecule has 1 unspecified atom stereocenters. The third kappa shape index (κ3) is 4.55. The molecule has 1 heterocycles. The van der Waals surface area contributed by atoms with Crippen molar-refractivity contribution in [2.24, 2.45) is 5.14 Å². The summed E-state index contributed by atoms with van der Waals surface area (Å²) >= 11 is 1.55. The molecule has 1 aromatic heterocycles. The minimum Gasteiger partial charge on any atom is -0.449 e. The molecule has 1 aliphatic carbocycles. The third-order valence-corrected chi connectivity index (χ3v) is 6.36. The molecule has 1 aliphatic rings. The lowest BCUT2D eigenvalue weighted by Crippen LogP contribution is -2.30. The lowest BCUT2D eigenvalue weighted by Gasteiger charge is -2.15. The van der Waals surface area contributed by atoms with Crippen LogP contribution in [0.3, 0.4) is 0 Å². The van der Waals surface area contributed by atoms with Crippen LogP contribution in [0.25, 0.3) is 0 Å². The predicted octanol–water partition coefficient (Wildman–Crippen LogP) is 2.46. The van der Waals surface area contributed by atoms with Crippen LogP contribution in [-0.2, 0) is 32.4 Å². The summed E-state index contributed by atoms with van der Waals surface area (Å²) in [7, 11) is -3.87. The molecule has 3 rings (SSSR count). The van der Waals surface area contributed by atoms with Gasteiger partial charge >= 0.3 is 5.97 Å². The zero-order valence-corrected chi connectivity index (χ0v) is 16.4. The molecule has 0 aliphatic heterocycles. The van der Waals surface area contributed by atoms with Crippen LogP contribution in [0, 0.1) is 0 Å². The second-order valence-corrected chi connectivity index (χ2v) is 8.89. The summed E-state index contributed by atoms with van der Waals surface area (Å²) in [6.45, 7) is 1.47. The van der Waals surface area contributed by atoms with E-state index in [1.54, 1.807) is 16.7 Å². The Balaban J connectivity index is 1.66. The third-order valence-electron chi connectivity index (χ3n) is 4.36. The molecule has 0 saturated heterocycles. The van der Waals surface area contributed by atoms with Crippen molar-refractivity contribution in [2.75, 3.05) is 5.32 Å². The zero-order valence-electron chi connectivity index (χ0n) is 14.7. The average Bonchev–Trinajstić information content (AvgIpc) is 3.05. The van der Waals surface area contributed by atoms with E-state index in [-0.39, 0.29) is 10.6 Å². The highest BCUT2D eigenvalue weighted by atomic mass is 32.2. The van der Waals surface area contributed by atoms with Crippen LogP contribution in [0.15, 0.2) is 34.5 Å². The number of hydrogen-bond acceptors (Lipinski definition) is 6. The number of thiophene rings is 1. The molecule has 27 heavy (non-hydrogen) atoms. The molecule has 7 nitrogen and oxygen atoms in total. The van der Waals surface area contributed by atoms with Gasteiger partial charge in [0.1, 0.15) is 0 Å². The molecule has 0 radical (unpaired) electrons. The second kappa shape index (κ2) is 7.79. The molecule has 1 amide bonds. The van der Waals surface area contributed by atoms with E-state index in [0.717, 1.165) is 31.2 Å². The maximum absolute atomic E-state index is 12.4. The molecule has 0 spiro atoms. The highest BCUT2D eigenvalue weighted by molar-refractivity contribution is 7.89. The van der Waals surface area contributed by atoms with Crippen LogP contribution < -0.4 is 10.5 Å². The summed E-state index contributed by atoms with van der Waals surface area (Å²) in [6.07, 6.45) is 2.96. The first kappa shape index (κ1) is 19.5. The number of benzene rings is 1. The number of hydrogen-bond donors (Lipinski definition) is 2. The Morgan fingerprint density at radius 1 is 1.26 bits per heavy atom. The summed E-state index contributed by atoms with van der Waals surface area (Å²) in [5.74, 6) is -1.07. The van der Waals surface area contributed by atoms with E-state index >= 15 is 0 Å². The first-order valence-electron chi connectivity index (χ1n) is 8.49. The lowest BCUT2D eigenvalue weighted by molar-refractivity contribution is -0.123. The van der Waals surface area contributed by atoms with Gasteiger partial charge in [-0.1, -0.05) is 6.07 Å². The normalized spacial score (nSPS) is 14.9. The minimum absolute atomic E-state index is 0.116. The summed E-state index contributed by atoms with van der Waals surface area (Å²) in [4.78, 5) is 25.8. The zero-order chi connectivity index (χ0) is 19.6. The SMILES string of the molecule is CC(OC(=O)c1csc2c1CCCC2)C(=O)Nc1cccc(S(N)(=O)=O)c1. The summed E-state index contributed by atoms with van der Waals surface area (Å²) < 4.78 is 28.1. The predicted molar refractivity (Wildman–Crippen MR) is 102 cm³/mol. The fourth-order valence-corrected chi connectivity index (χ4v) is 4.61. The standard InChI is InChI=1S/C18H20N2O5S2/c1-11(17(21)20-12-5-4-6-13(9-12)27(19,23)24)25-18(22)15-10-26-16-8-3-2-7-14(15)16/h4-6,9-11H,2-3,7-8H2,1H3,(H,20,21)(H2,19,23,24). The molecule has 9 heteroatoms. The molecule has 3 N–H and O–H groups in total. The number of esters is 1. The summed E-state index contributed by atoms with van der Waals surface area (Å²) in [5, 5.41) is 9.41. The van der Waals surface area contributed by atoms with Gasteiger partial charge in [0.05, 0.1) is 10.5 Å². The second-order valence-electron chi connectivity index (χ2n) is 6.37. The molecule has 0 saturated carbocycles. The van der Waals surface area contributed by atoms with Gasteiger partial charge in [0.15, 0.2) is 6.10 Å². The maximum atomic E-state index is 12.4. The van der Waals surface area contributed by atoms with Gasteiger partial charge in [0, 0.05) is 15.9 Å². The number of sulfonamides is 1. The highest BCUT2D eigenvalue weighted by Crippen LogP contribution is 2.30. The number of fused-ring (bicyclic) bond motifs is 1. The number of anilines is 1. The van der Waals surface area contributed by atoms with Crippen molar-refractivity contribution in [1.29, 1.82) is 0 Å². The molecule has 1 aromatic carbocycles. The number of nitrogens with two attached hydrogens (primary N) is 1. The van der Waals surface area contributed by atoms with Crippen LogP contribution in [0.5, 0.6) is 0 Å². The van der Waals surface area contributed by atoms with Crippen molar-refractivity contribution >= 4 is 38.9 Å². The Kier molecular flexibility index (Phi) is 5.64. The number of ether oxygens (including phenoxy) is 1. The average molecular weight is 409 g/mol. The van der Waals surface area contributed by atoms with E-state index in [0.29, 0.717) is 5.56 Å². The van der Waals surface area contributed by atoms with Crippen LogP contribution in [0.4, 0.5) is 5.69 Å². The lowest BCUT2D eigenvalue weighted by atomic mass is 9.96. The molecule has 2 aromatic rings. The van der Waals surface area contributed by atoms with Gasteiger partial charge < -0.3 is 10.1 Å². The van der Waals surface area contributed by atoms with Crippen molar-refractivity contribution in [3.63, 3.8) is 0 Å². The van der Waals surface area contributed by atoms with Crippen molar-refractivity contribution in [2.45, 2.75) is 43.6 Å². The monoisotopic (exact) mass is 408 g/mol. The minimum atomic E-state index is -3.87. The van der Waals surface area contributed by atoms with Gasteiger partial charge in [-0.05, 0) is 56.4 Å². The van der Waals surface area contributed by atoms with E-state index in [2.05, 4.69) is 5.32 Å². The summed E-state index contributed by atoms with van der Waals surface area (Å²) in [6, 6.07) is 5.56. The topological polar surface area (TPSA) is 116 Å². The molecule has 144 valence electrons. The number of aryl methyl sites for hydroxylation is 1. The van der Waals surface area contributed by atoms with E-state index < -0.39 is 28.0 Å². The van der Waals surface area contributed by atoms with Crippen LogP contribution in [0.1, 0.15) is 40.6 Å². The van der Waals surface area contributed by atoms with E-state index in [9.17, 15) is 18.0 Å². The van der Waals surface area contributed by atoms with Crippen LogP contribution >= 0.6 is 11.3 Å². The molecule has 1 atom stereocenters. The largest absolute Gasteiger partial charge is 0.449 e. The van der Waals surface area contributed by atoms with E-state index in [4.69, 9.17) is 9.88 Å². The quantitative estimate of drug-likeness (QED) is 0.738. The van der Waals surface area contributed by atoms with Crippen LogP contribution in [-0.4, -0.2) is 26.4 Å². The van der Waals surface area contributed by atoms with Gasteiger partial charge in [-0.25, -0.2) is 18.4 Å². The van der Waals surface area contributed by atoms with Crippen molar-refractivity contribution in [1.82, 2.24) is 0 Å². The highest BCUT2D eigenvalue weighted by Gasteiger charge is 2.25. The van der Waals surface area contributed by atoms with Crippen molar-refractivity contribution < 1.29 is 22.7 Å². The van der Waals surface area contributed by atoms with Crippen molar-refractivity contribution in [3.8, 4) is 0 Å². The van der Waals surface area contributed by atoms with Gasteiger partial charge in [-0.15, -0.1) is 11.3 Å². The molecular weight excluding hydrogens is 388 g/mol. The number of nitrogens with one attached hydrogen (secondary N) is 1. The number of carbonyl (C=O) groups excluding carboxylic acids is 2. The fraction of sp³-hybridized carbons (Fsp3) is 0.333. The number of primary sulfonamides is 1. The number of rotatable bonds is 5. The van der Waals surface area contributed by atoms with Gasteiger partial charge in [0.2, 0.25) is 10.0 Å². The smallest absolute Gasteiger partial charge is 0.340 e. The Morgan fingerprint density at radius 2 is 2.00 bits per heavy atom. The Morgan fingerprint density at radius 3 is 2.74 bits per heavy atom. The Bertz CT molecular complexity index is 981. The summed E-state index contributed by atoms with van der Waals surface area (Å²) in [5.41, 5.74) is 1.82. The number of carbonyl (C=O) groups is 2. The van der Waals surface area contributed by atoms with Crippen LogP contribution in [0.2, 0.25) is 0 Å². The molecular formula is C18H20N2O5S2. The maximum Gasteiger partial charge on any atom is 0.340 e. The number of amides is 1. The van der Waals surface area contributed by atoms with E-state index in [1.807, 2.05) is 0 Å². The first-order valence-corrected chi connectivity index (χ1v) is 10.9. The van der Waals surface area contributed by atoms with Crippen molar-refractivity contribution in [3.05, 3.63) is 45.6 Å². The van der Waals surface area contributed by atoms with E-state index in [1.165, 1.54) is 36.1 Å². The van der Waals surface area contributed by atoms with Gasteiger partial charge in [-0.2, -0.15) is 0 Å². The van der Waals surface area contributed by atoms with Gasteiger partial charge in [-0.3, -0.25) is 4.79 Å². The molecule has 0 bridgehead atoms. The molecule has 0 fully saturated rings. The fourth-order valence-electron chi connectivity index (χ4n) is 2.94.